The average molecular weight is 176 g/mol. The van der Waals surface area contributed by atoms with Crippen LogP contribution in [0, 0.1) is 0 Å². The van der Waals surface area contributed by atoms with Crippen LogP contribution in [-0.2, 0) is 10.2 Å². The Morgan fingerprint density at radius 3 is 2.77 bits per heavy atom. The summed E-state index contributed by atoms with van der Waals surface area (Å²) in [7, 11) is 0. The van der Waals surface area contributed by atoms with E-state index in [1.165, 1.54) is 0 Å². The Bertz CT molecular complexity index is 317. The molecule has 0 amide bonds. The molecule has 1 saturated carbocycles. The normalized spacial score (nSPS) is 18.2. The summed E-state index contributed by atoms with van der Waals surface area (Å²) in [5.74, 6) is 0.117. The molecule has 0 radical (unpaired) electrons. The highest BCUT2D eigenvalue weighted by molar-refractivity contribution is 5.93. The second-order valence-electron chi connectivity index (χ2n) is 3.42. The van der Waals surface area contributed by atoms with E-state index < -0.39 is 0 Å². The summed E-state index contributed by atoms with van der Waals surface area (Å²) in [5.41, 5.74) is 5.91. The highest BCUT2D eigenvalue weighted by Crippen LogP contribution is 2.47. The van der Waals surface area contributed by atoms with E-state index in [0.29, 0.717) is 0 Å². The van der Waals surface area contributed by atoms with Gasteiger partial charge in [0.15, 0.2) is 5.78 Å². The molecule has 13 heavy (non-hydrogen) atoms. The van der Waals surface area contributed by atoms with E-state index in [4.69, 9.17) is 5.73 Å². The molecule has 1 fully saturated rings. The zero-order valence-electron chi connectivity index (χ0n) is 7.36. The van der Waals surface area contributed by atoms with E-state index in [9.17, 15) is 4.79 Å². The third-order valence-corrected chi connectivity index (χ3v) is 2.62. The predicted octanol–water partition coefficient (Wildman–Crippen LogP) is 0.641. The summed E-state index contributed by atoms with van der Waals surface area (Å²) < 4.78 is 0. The minimum absolute atomic E-state index is 0.117. The molecule has 2 rings (SSSR count). The summed E-state index contributed by atoms with van der Waals surface area (Å²) in [4.78, 5) is 15.7. The molecule has 68 valence electrons. The monoisotopic (exact) mass is 176 g/mol. The van der Waals surface area contributed by atoms with Crippen LogP contribution in [0.25, 0.3) is 0 Å². The maximum absolute atomic E-state index is 11.5. The van der Waals surface area contributed by atoms with E-state index in [1.54, 1.807) is 6.20 Å². The molecule has 3 heteroatoms. The van der Waals surface area contributed by atoms with Gasteiger partial charge in [-0.05, 0) is 25.0 Å². The van der Waals surface area contributed by atoms with Crippen LogP contribution in [0.2, 0.25) is 0 Å². The number of carbonyl (C=O) groups is 1. The van der Waals surface area contributed by atoms with Crippen molar-refractivity contribution < 1.29 is 4.79 Å². The molecule has 3 nitrogen and oxygen atoms in total. The van der Waals surface area contributed by atoms with Crippen molar-refractivity contribution in [2.45, 2.75) is 18.3 Å². The molecular weight excluding hydrogens is 164 g/mol. The van der Waals surface area contributed by atoms with Crippen molar-refractivity contribution in [3.8, 4) is 0 Å². The van der Waals surface area contributed by atoms with Crippen molar-refractivity contribution in [3.63, 3.8) is 0 Å². The average Bonchev–Trinajstić information content (AvgIpc) is 2.99. The van der Waals surface area contributed by atoms with Gasteiger partial charge in [0.2, 0.25) is 0 Å². The SMILES string of the molecule is NCC(=O)C1(c2ccccn2)CC1. The van der Waals surface area contributed by atoms with Crippen molar-refractivity contribution >= 4 is 5.78 Å². The molecule has 1 aromatic rings. The first-order valence-corrected chi connectivity index (χ1v) is 4.44. The Kier molecular flexibility index (Phi) is 1.88. The van der Waals surface area contributed by atoms with Gasteiger partial charge in [0.1, 0.15) is 0 Å². The van der Waals surface area contributed by atoms with Crippen LogP contribution in [0.1, 0.15) is 18.5 Å². The summed E-state index contributed by atoms with van der Waals surface area (Å²) in [6.07, 6.45) is 3.53. The highest BCUT2D eigenvalue weighted by atomic mass is 16.1. The summed E-state index contributed by atoms with van der Waals surface area (Å²) in [6, 6.07) is 5.67. The van der Waals surface area contributed by atoms with Crippen LogP contribution in [0.15, 0.2) is 24.4 Å². The largest absolute Gasteiger partial charge is 0.324 e. The number of ketones is 1. The van der Waals surface area contributed by atoms with Crippen LogP contribution >= 0.6 is 0 Å². The van der Waals surface area contributed by atoms with Crippen molar-refractivity contribution in [3.05, 3.63) is 30.1 Å². The third-order valence-electron chi connectivity index (χ3n) is 2.62. The lowest BCUT2D eigenvalue weighted by Gasteiger charge is -2.10. The van der Waals surface area contributed by atoms with Gasteiger partial charge in [0.25, 0.3) is 0 Å². The second-order valence-corrected chi connectivity index (χ2v) is 3.42. The maximum atomic E-state index is 11.5. The van der Waals surface area contributed by atoms with Gasteiger partial charge < -0.3 is 5.73 Å². The number of pyridine rings is 1. The summed E-state index contributed by atoms with van der Waals surface area (Å²) in [6.45, 7) is 0.122. The number of aromatic nitrogens is 1. The standard InChI is InChI=1S/C10H12N2O/c11-7-9(13)10(4-5-10)8-3-1-2-6-12-8/h1-3,6H,4-5,7,11H2. The number of hydrogen-bond donors (Lipinski definition) is 1. The number of Topliss-reactive ketones (excluding diaryl/α,β-unsaturated/α-hetero) is 1. The maximum Gasteiger partial charge on any atom is 0.158 e. The fourth-order valence-corrected chi connectivity index (χ4v) is 1.64. The van der Waals surface area contributed by atoms with E-state index in [2.05, 4.69) is 4.98 Å². The van der Waals surface area contributed by atoms with Gasteiger partial charge in [0.05, 0.1) is 17.7 Å². The number of nitrogens with two attached hydrogens (primary N) is 1. The molecule has 0 aliphatic heterocycles. The van der Waals surface area contributed by atoms with Gasteiger partial charge in [-0.1, -0.05) is 6.07 Å². The van der Waals surface area contributed by atoms with Gasteiger partial charge in [-0.2, -0.15) is 0 Å². The number of hydrogen-bond acceptors (Lipinski definition) is 3. The van der Waals surface area contributed by atoms with Crippen LogP contribution in [0.4, 0.5) is 0 Å². The predicted molar refractivity (Wildman–Crippen MR) is 49.2 cm³/mol. The Labute approximate surface area is 77.0 Å². The Morgan fingerprint density at radius 1 is 1.54 bits per heavy atom. The Hall–Kier alpha value is -1.22. The lowest BCUT2D eigenvalue weighted by atomic mass is 9.96. The first kappa shape index (κ1) is 8.38. The van der Waals surface area contributed by atoms with E-state index >= 15 is 0 Å². The van der Waals surface area contributed by atoms with Crippen LogP contribution < -0.4 is 5.73 Å². The number of nitrogens with zero attached hydrogens (tertiary/aromatic N) is 1. The summed E-state index contributed by atoms with van der Waals surface area (Å²) in [5, 5.41) is 0. The molecule has 0 aromatic carbocycles. The number of carbonyl (C=O) groups excluding carboxylic acids is 1. The minimum Gasteiger partial charge on any atom is -0.324 e. The molecule has 0 spiro atoms. The zero-order valence-corrected chi connectivity index (χ0v) is 7.36. The lowest BCUT2D eigenvalue weighted by Crippen LogP contribution is -2.28. The first-order chi connectivity index (χ1) is 6.29. The molecule has 2 N–H and O–H groups in total. The van der Waals surface area contributed by atoms with Gasteiger partial charge >= 0.3 is 0 Å². The first-order valence-electron chi connectivity index (χ1n) is 4.44. The Morgan fingerprint density at radius 2 is 2.31 bits per heavy atom. The van der Waals surface area contributed by atoms with Crippen molar-refractivity contribution in [2.24, 2.45) is 5.73 Å². The highest BCUT2D eigenvalue weighted by Gasteiger charge is 2.51. The van der Waals surface area contributed by atoms with Crippen LogP contribution in [0.5, 0.6) is 0 Å². The fraction of sp³-hybridized carbons (Fsp3) is 0.400. The molecule has 1 aliphatic rings. The lowest BCUT2D eigenvalue weighted by molar-refractivity contribution is -0.120. The molecule has 0 bridgehead atoms. The summed E-state index contributed by atoms with van der Waals surface area (Å²) >= 11 is 0. The van der Waals surface area contributed by atoms with E-state index in [-0.39, 0.29) is 17.7 Å². The minimum atomic E-state index is -0.323. The molecule has 0 unspecified atom stereocenters. The quantitative estimate of drug-likeness (QED) is 0.735. The smallest absolute Gasteiger partial charge is 0.158 e. The Balaban J connectivity index is 2.31. The second kappa shape index (κ2) is 2.92. The zero-order chi connectivity index (χ0) is 9.31. The fourth-order valence-electron chi connectivity index (χ4n) is 1.64. The molecule has 1 aliphatic carbocycles. The van der Waals surface area contributed by atoms with E-state index in [1.807, 2.05) is 18.2 Å². The van der Waals surface area contributed by atoms with Gasteiger partial charge in [-0.25, -0.2) is 0 Å². The van der Waals surface area contributed by atoms with Gasteiger partial charge in [0, 0.05) is 6.20 Å². The van der Waals surface area contributed by atoms with Crippen molar-refractivity contribution in [2.75, 3.05) is 6.54 Å². The molecule has 1 heterocycles. The molecule has 0 atom stereocenters. The van der Waals surface area contributed by atoms with Crippen molar-refractivity contribution in [1.29, 1.82) is 0 Å². The van der Waals surface area contributed by atoms with Gasteiger partial charge in [-0.3, -0.25) is 9.78 Å². The topological polar surface area (TPSA) is 56.0 Å². The van der Waals surface area contributed by atoms with Gasteiger partial charge in [-0.15, -0.1) is 0 Å². The molecular formula is C10H12N2O. The third kappa shape index (κ3) is 1.25. The van der Waals surface area contributed by atoms with E-state index in [0.717, 1.165) is 18.5 Å². The van der Waals surface area contributed by atoms with Crippen LogP contribution in [0.3, 0.4) is 0 Å². The molecule has 0 saturated heterocycles. The number of rotatable bonds is 3. The van der Waals surface area contributed by atoms with Crippen molar-refractivity contribution in [1.82, 2.24) is 4.98 Å². The molecule has 1 aromatic heterocycles. The van der Waals surface area contributed by atoms with Crippen LogP contribution in [-0.4, -0.2) is 17.3 Å².